The normalized spacial score (nSPS) is 16.3. The Morgan fingerprint density at radius 1 is 1.27 bits per heavy atom. The molecular formula is C9H16Cl2N4. The van der Waals surface area contributed by atoms with Crippen molar-refractivity contribution in [3.05, 3.63) is 18.1 Å². The van der Waals surface area contributed by atoms with E-state index >= 15 is 0 Å². The van der Waals surface area contributed by atoms with Gasteiger partial charge in [-0.25, -0.2) is 9.97 Å². The van der Waals surface area contributed by atoms with Gasteiger partial charge in [0.1, 0.15) is 11.6 Å². The quantitative estimate of drug-likeness (QED) is 0.791. The van der Waals surface area contributed by atoms with Crippen molar-refractivity contribution in [2.75, 3.05) is 18.8 Å². The molecule has 0 saturated carbocycles. The van der Waals surface area contributed by atoms with Gasteiger partial charge in [0.05, 0.1) is 0 Å². The third kappa shape index (κ3) is 3.81. The minimum atomic E-state index is 0. The Kier molecular flexibility index (Phi) is 6.56. The Hall–Kier alpha value is -0.580. The summed E-state index contributed by atoms with van der Waals surface area (Å²) in [6.45, 7) is 2.12. The summed E-state index contributed by atoms with van der Waals surface area (Å²) in [5.41, 5.74) is 5.60. The number of nitrogens with zero attached hydrogens (tertiary/aromatic N) is 2. The molecule has 0 aliphatic carbocycles. The molecule has 1 aromatic rings. The van der Waals surface area contributed by atoms with Crippen LogP contribution >= 0.6 is 24.8 Å². The number of hydrogen-bond acceptors (Lipinski definition) is 4. The predicted molar refractivity (Wildman–Crippen MR) is 65.8 cm³/mol. The smallest absolute Gasteiger partial charge is 0.133 e. The van der Waals surface area contributed by atoms with Gasteiger partial charge in [-0.3, -0.25) is 0 Å². The van der Waals surface area contributed by atoms with Gasteiger partial charge in [-0.05, 0) is 32.0 Å². The monoisotopic (exact) mass is 250 g/mol. The van der Waals surface area contributed by atoms with Crippen molar-refractivity contribution in [1.29, 1.82) is 0 Å². The molecule has 4 nitrogen and oxygen atoms in total. The molecule has 0 spiro atoms. The molecule has 15 heavy (non-hydrogen) atoms. The molecule has 0 radical (unpaired) electrons. The van der Waals surface area contributed by atoms with Crippen LogP contribution < -0.4 is 11.1 Å². The van der Waals surface area contributed by atoms with Gasteiger partial charge >= 0.3 is 0 Å². The van der Waals surface area contributed by atoms with Crippen LogP contribution in [0.3, 0.4) is 0 Å². The molecule has 1 fully saturated rings. The van der Waals surface area contributed by atoms with Crippen LogP contribution in [0.5, 0.6) is 0 Å². The maximum absolute atomic E-state index is 5.60. The van der Waals surface area contributed by atoms with E-state index < -0.39 is 0 Å². The molecule has 0 unspecified atom stereocenters. The summed E-state index contributed by atoms with van der Waals surface area (Å²) in [6.07, 6.45) is 3.96. The lowest BCUT2D eigenvalue weighted by Crippen LogP contribution is -2.27. The van der Waals surface area contributed by atoms with Crippen LogP contribution in [0.2, 0.25) is 0 Å². The van der Waals surface area contributed by atoms with Gasteiger partial charge in [0.15, 0.2) is 0 Å². The molecule has 1 aliphatic rings. The zero-order valence-corrected chi connectivity index (χ0v) is 9.98. The second-order valence-electron chi connectivity index (χ2n) is 3.36. The van der Waals surface area contributed by atoms with Gasteiger partial charge in [-0.2, -0.15) is 0 Å². The molecule has 1 aromatic heterocycles. The fourth-order valence-corrected chi connectivity index (χ4v) is 1.67. The first-order valence-electron chi connectivity index (χ1n) is 4.65. The number of rotatable bonds is 1. The summed E-state index contributed by atoms with van der Waals surface area (Å²) in [6, 6.07) is 1.73. The van der Waals surface area contributed by atoms with Crippen LogP contribution in [0.25, 0.3) is 0 Å². The molecule has 6 heteroatoms. The van der Waals surface area contributed by atoms with Crippen LogP contribution in [0.1, 0.15) is 24.6 Å². The van der Waals surface area contributed by atoms with Gasteiger partial charge in [0.25, 0.3) is 0 Å². The topological polar surface area (TPSA) is 63.8 Å². The molecule has 0 aromatic carbocycles. The standard InChI is InChI=1S/C9H14N4.2ClH/c10-8-3-6-12-9(13-8)7-1-4-11-5-2-7;;/h3,6-7,11H,1-2,4-5H2,(H2,10,12,13);2*1H. The molecule has 86 valence electrons. The summed E-state index contributed by atoms with van der Waals surface area (Å²) in [7, 11) is 0. The lowest BCUT2D eigenvalue weighted by atomic mass is 9.97. The van der Waals surface area contributed by atoms with Gasteiger partial charge in [-0.1, -0.05) is 0 Å². The zero-order valence-electron chi connectivity index (χ0n) is 8.35. The maximum atomic E-state index is 5.60. The Labute approximate surface area is 102 Å². The Bertz CT molecular complexity index is 289. The molecule has 0 atom stereocenters. The van der Waals surface area contributed by atoms with Crippen LogP contribution in [-0.4, -0.2) is 23.1 Å². The molecule has 3 N–H and O–H groups in total. The van der Waals surface area contributed by atoms with Crippen molar-refractivity contribution in [3.63, 3.8) is 0 Å². The number of halogens is 2. The summed E-state index contributed by atoms with van der Waals surface area (Å²) in [5, 5.41) is 3.31. The third-order valence-corrected chi connectivity index (χ3v) is 2.40. The van der Waals surface area contributed by atoms with Crippen LogP contribution in [0, 0.1) is 0 Å². The SMILES string of the molecule is Cl.Cl.Nc1ccnc(C2CCNCC2)n1. The first-order chi connectivity index (χ1) is 6.36. The van der Waals surface area contributed by atoms with E-state index in [9.17, 15) is 0 Å². The van der Waals surface area contributed by atoms with Crippen molar-refractivity contribution in [3.8, 4) is 0 Å². The zero-order chi connectivity index (χ0) is 9.10. The van der Waals surface area contributed by atoms with Crippen molar-refractivity contribution in [2.45, 2.75) is 18.8 Å². The van der Waals surface area contributed by atoms with E-state index in [0.717, 1.165) is 31.8 Å². The number of nitrogens with one attached hydrogen (secondary N) is 1. The van der Waals surface area contributed by atoms with E-state index in [2.05, 4.69) is 15.3 Å². The first kappa shape index (κ1) is 14.4. The summed E-state index contributed by atoms with van der Waals surface area (Å²) in [4.78, 5) is 8.48. The minimum absolute atomic E-state index is 0. The van der Waals surface area contributed by atoms with Gasteiger partial charge in [0.2, 0.25) is 0 Å². The van der Waals surface area contributed by atoms with Crippen LogP contribution in [0.4, 0.5) is 5.82 Å². The third-order valence-electron chi connectivity index (χ3n) is 2.40. The van der Waals surface area contributed by atoms with Crippen molar-refractivity contribution in [2.24, 2.45) is 0 Å². The van der Waals surface area contributed by atoms with E-state index in [1.807, 2.05) is 0 Å². The highest BCUT2D eigenvalue weighted by Gasteiger charge is 2.17. The van der Waals surface area contributed by atoms with E-state index in [4.69, 9.17) is 5.73 Å². The highest BCUT2D eigenvalue weighted by atomic mass is 35.5. The number of nitrogens with two attached hydrogens (primary N) is 1. The second kappa shape index (κ2) is 6.82. The number of aromatic nitrogens is 2. The van der Waals surface area contributed by atoms with E-state index in [1.54, 1.807) is 12.3 Å². The summed E-state index contributed by atoms with van der Waals surface area (Å²) in [5.74, 6) is 1.97. The van der Waals surface area contributed by atoms with E-state index in [0.29, 0.717) is 11.7 Å². The number of hydrogen-bond donors (Lipinski definition) is 2. The van der Waals surface area contributed by atoms with Crippen LogP contribution in [0.15, 0.2) is 12.3 Å². The van der Waals surface area contributed by atoms with Crippen molar-refractivity contribution in [1.82, 2.24) is 15.3 Å². The Morgan fingerprint density at radius 2 is 1.93 bits per heavy atom. The van der Waals surface area contributed by atoms with Gasteiger partial charge in [0, 0.05) is 12.1 Å². The lowest BCUT2D eigenvalue weighted by molar-refractivity contribution is 0.445. The number of anilines is 1. The largest absolute Gasteiger partial charge is 0.384 e. The molecule has 2 rings (SSSR count). The van der Waals surface area contributed by atoms with E-state index in [1.165, 1.54) is 0 Å². The average molecular weight is 251 g/mol. The molecule has 1 aliphatic heterocycles. The van der Waals surface area contributed by atoms with Gasteiger partial charge in [-0.15, -0.1) is 24.8 Å². The number of nitrogen functional groups attached to an aromatic ring is 1. The summed E-state index contributed by atoms with van der Waals surface area (Å²) >= 11 is 0. The minimum Gasteiger partial charge on any atom is -0.384 e. The molecular weight excluding hydrogens is 235 g/mol. The Morgan fingerprint density at radius 3 is 2.53 bits per heavy atom. The summed E-state index contributed by atoms with van der Waals surface area (Å²) < 4.78 is 0. The maximum Gasteiger partial charge on any atom is 0.133 e. The fourth-order valence-electron chi connectivity index (χ4n) is 1.67. The van der Waals surface area contributed by atoms with Gasteiger partial charge < -0.3 is 11.1 Å². The predicted octanol–water partition coefficient (Wildman–Crippen LogP) is 1.37. The van der Waals surface area contributed by atoms with Crippen molar-refractivity contribution >= 4 is 30.6 Å². The average Bonchev–Trinajstić information content (AvgIpc) is 2.19. The molecule has 0 bridgehead atoms. The molecule has 1 saturated heterocycles. The fraction of sp³-hybridized carbons (Fsp3) is 0.556. The van der Waals surface area contributed by atoms with Crippen molar-refractivity contribution < 1.29 is 0 Å². The highest BCUT2D eigenvalue weighted by Crippen LogP contribution is 2.21. The second-order valence-corrected chi connectivity index (χ2v) is 3.36. The Balaban J connectivity index is 0.000000980. The van der Waals surface area contributed by atoms with E-state index in [-0.39, 0.29) is 24.8 Å². The first-order valence-corrected chi connectivity index (χ1v) is 4.65. The van der Waals surface area contributed by atoms with Crippen LogP contribution in [-0.2, 0) is 0 Å². The lowest BCUT2D eigenvalue weighted by Gasteiger charge is -2.21. The molecule has 2 heterocycles. The number of piperidine rings is 1. The highest BCUT2D eigenvalue weighted by molar-refractivity contribution is 5.85. The molecule has 0 amide bonds.